The zero-order chi connectivity index (χ0) is 18.2. The Labute approximate surface area is 154 Å². The lowest BCUT2D eigenvalue weighted by Crippen LogP contribution is -2.42. The largest absolute Gasteiger partial charge is 0.465 e. The molecule has 0 bridgehead atoms. The van der Waals surface area contributed by atoms with Gasteiger partial charge in [0, 0.05) is 10.5 Å². The monoisotopic (exact) mass is 470 g/mol. The highest BCUT2D eigenvalue weighted by Crippen LogP contribution is 2.23. The Morgan fingerprint density at radius 3 is 2.67 bits per heavy atom. The second kappa shape index (κ2) is 9.89. The number of carbonyl (C=O) groups is 1. The van der Waals surface area contributed by atoms with Crippen LogP contribution in [0.1, 0.15) is 26.2 Å². The summed E-state index contributed by atoms with van der Waals surface area (Å²) in [6, 6.07) is 3.90. The van der Waals surface area contributed by atoms with Crippen molar-refractivity contribution in [2.24, 2.45) is 0 Å². The molecule has 1 N–H and O–H groups in total. The molecule has 0 unspecified atom stereocenters. The molecule has 1 atom stereocenters. The van der Waals surface area contributed by atoms with Gasteiger partial charge in [0.1, 0.15) is 6.04 Å². The van der Waals surface area contributed by atoms with Crippen LogP contribution in [0.25, 0.3) is 0 Å². The quantitative estimate of drug-likeness (QED) is 0.140. The summed E-state index contributed by atoms with van der Waals surface area (Å²) >= 11 is 2.01. The first kappa shape index (κ1) is 20.8. The molecular weight excluding hydrogens is 451 g/mol. The molecule has 0 aromatic heterocycles. The van der Waals surface area contributed by atoms with Crippen molar-refractivity contribution in [1.29, 1.82) is 0 Å². The number of nitro groups is 1. The van der Waals surface area contributed by atoms with Crippen LogP contribution in [-0.4, -0.2) is 36.4 Å². The summed E-state index contributed by atoms with van der Waals surface area (Å²) in [5.74, 6) is -0.678. The standard InChI is InChI=1S/C14H19IN2O6S/c1-2-3-10-23-14(18)11(8-9-15)16-24(21,22)13-7-5-4-6-12(13)17(19)20/h4-7,11,16H,2-3,8-10H2,1H3/t11-/m1/s1. The zero-order valence-electron chi connectivity index (χ0n) is 13.1. The van der Waals surface area contributed by atoms with Crippen molar-refractivity contribution in [3.8, 4) is 0 Å². The summed E-state index contributed by atoms with van der Waals surface area (Å²) in [4.78, 5) is 21.8. The van der Waals surface area contributed by atoms with E-state index in [0.29, 0.717) is 10.8 Å². The minimum atomic E-state index is -4.23. The summed E-state index contributed by atoms with van der Waals surface area (Å²) in [7, 11) is -4.23. The van der Waals surface area contributed by atoms with Gasteiger partial charge in [0.15, 0.2) is 4.90 Å². The molecule has 10 heteroatoms. The maximum atomic E-state index is 12.5. The Hall–Kier alpha value is -1.27. The average Bonchev–Trinajstić information content (AvgIpc) is 2.54. The van der Waals surface area contributed by atoms with E-state index < -0.39 is 37.5 Å². The van der Waals surface area contributed by atoms with E-state index >= 15 is 0 Å². The van der Waals surface area contributed by atoms with Gasteiger partial charge in [-0.3, -0.25) is 14.9 Å². The maximum absolute atomic E-state index is 12.5. The number of nitrogens with zero attached hydrogens (tertiary/aromatic N) is 1. The molecule has 0 fully saturated rings. The van der Waals surface area contributed by atoms with E-state index in [1.807, 2.05) is 29.5 Å². The van der Waals surface area contributed by atoms with E-state index in [4.69, 9.17) is 4.74 Å². The summed E-state index contributed by atoms with van der Waals surface area (Å²) < 4.78 is 32.7. The number of nitrogens with one attached hydrogen (secondary N) is 1. The first-order chi connectivity index (χ1) is 11.3. The predicted octanol–water partition coefficient (Wildman–Crippen LogP) is 2.41. The van der Waals surface area contributed by atoms with Crippen LogP contribution in [0.3, 0.4) is 0 Å². The fourth-order valence-electron chi connectivity index (χ4n) is 1.84. The highest BCUT2D eigenvalue weighted by Gasteiger charge is 2.31. The molecule has 0 amide bonds. The maximum Gasteiger partial charge on any atom is 0.324 e. The fraction of sp³-hybridized carbons (Fsp3) is 0.500. The number of benzene rings is 1. The van der Waals surface area contributed by atoms with Gasteiger partial charge in [0.2, 0.25) is 10.0 Å². The van der Waals surface area contributed by atoms with Crippen LogP contribution in [0.4, 0.5) is 5.69 Å². The topological polar surface area (TPSA) is 116 Å². The van der Waals surface area contributed by atoms with Crippen molar-refractivity contribution >= 4 is 44.3 Å². The first-order valence-corrected chi connectivity index (χ1v) is 10.3. The highest BCUT2D eigenvalue weighted by molar-refractivity contribution is 14.1. The zero-order valence-corrected chi connectivity index (χ0v) is 16.1. The molecule has 0 saturated carbocycles. The molecule has 0 spiro atoms. The van der Waals surface area contributed by atoms with Gasteiger partial charge < -0.3 is 4.74 Å². The smallest absolute Gasteiger partial charge is 0.324 e. The van der Waals surface area contributed by atoms with Gasteiger partial charge in [-0.15, -0.1) is 0 Å². The summed E-state index contributed by atoms with van der Waals surface area (Å²) in [6.07, 6.45) is 1.75. The molecule has 24 heavy (non-hydrogen) atoms. The van der Waals surface area contributed by atoms with Crippen molar-refractivity contribution in [2.45, 2.75) is 37.1 Å². The second-order valence-electron chi connectivity index (χ2n) is 4.90. The van der Waals surface area contributed by atoms with Gasteiger partial charge in [0.05, 0.1) is 11.5 Å². The van der Waals surface area contributed by atoms with Crippen LogP contribution in [0, 0.1) is 10.1 Å². The van der Waals surface area contributed by atoms with Crippen molar-refractivity contribution in [1.82, 2.24) is 4.72 Å². The van der Waals surface area contributed by atoms with Crippen LogP contribution in [0.2, 0.25) is 0 Å². The Morgan fingerprint density at radius 2 is 2.08 bits per heavy atom. The van der Waals surface area contributed by atoms with E-state index in [1.165, 1.54) is 12.1 Å². The number of nitro benzene ring substituents is 1. The van der Waals surface area contributed by atoms with E-state index in [2.05, 4.69) is 4.72 Å². The molecule has 134 valence electrons. The average molecular weight is 470 g/mol. The molecular formula is C14H19IN2O6S. The Balaban J connectivity index is 3.00. The minimum absolute atomic E-state index is 0.209. The van der Waals surface area contributed by atoms with Crippen molar-refractivity contribution in [3.63, 3.8) is 0 Å². The van der Waals surface area contributed by atoms with Crippen LogP contribution < -0.4 is 4.72 Å². The lowest BCUT2D eigenvalue weighted by Gasteiger charge is -2.17. The van der Waals surface area contributed by atoms with E-state index in [-0.39, 0.29) is 13.0 Å². The number of esters is 1. The number of carbonyl (C=O) groups excluding carboxylic acids is 1. The van der Waals surface area contributed by atoms with Gasteiger partial charge in [-0.1, -0.05) is 48.1 Å². The molecule has 0 aliphatic heterocycles. The van der Waals surface area contributed by atoms with Crippen LogP contribution >= 0.6 is 22.6 Å². The summed E-state index contributed by atoms with van der Waals surface area (Å²) in [5.41, 5.74) is -0.544. The molecule has 1 rings (SSSR count). The summed E-state index contributed by atoms with van der Waals surface area (Å²) in [5, 5.41) is 11.0. The predicted molar refractivity (Wildman–Crippen MR) is 96.6 cm³/mol. The van der Waals surface area contributed by atoms with Crippen molar-refractivity contribution in [2.75, 3.05) is 11.0 Å². The number of alkyl halides is 1. The fourth-order valence-corrected chi connectivity index (χ4v) is 3.85. The van der Waals surface area contributed by atoms with Crippen LogP contribution in [0.5, 0.6) is 0 Å². The highest BCUT2D eigenvalue weighted by atomic mass is 127. The number of hydrogen-bond acceptors (Lipinski definition) is 6. The number of ether oxygens (including phenoxy) is 1. The number of rotatable bonds is 10. The number of hydrogen-bond donors (Lipinski definition) is 1. The SMILES string of the molecule is CCCCOC(=O)[C@@H](CCI)NS(=O)(=O)c1ccccc1[N+](=O)[O-]. The summed E-state index contributed by atoms with van der Waals surface area (Å²) in [6.45, 7) is 2.15. The molecule has 0 saturated heterocycles. The lowest BCUT2D eigenvalue weighted by molar-refractivity contribution is -0.387. The Bertz CT molecular complexity index is 680. The van der Waals surface area contributed by atoms with Gasteiger partial charge >= 0.3 is 5.97 Å². The van der Waals surface area contributed by atoms with Gasteiger partial charge in [-0.25, -0.2) is 8.42 Å². The first-order valence-electron chi connectivity index (χ1n) is 7.31. The van der Waals surface area contributed by atoms with Crippen molar-refractivity contribution in [3.05, 3.63) is 34.4 Å². The van der Waals surface area contributed by atoms with Gasteiger partial charge in [0.25, 0.3) is 5.69 Å². The molecule has 8 nitrogen and oxygen atoms in total. The molecule has 0 aliphatic carbocycles. The Morgan fingerprint density at radius 1 is 1.42 bits per heavy atom. The molecule has 1 aromatic carbocycles. The van der Waals surface area contributed by atoms with Gasteiger partial charge in [-0.2, -0.15) is 4.72 Å². The number of halogens is 1. The normalized spacial score (nSPS) is 12.6. The lowest BCUT2D eigenvalue weighted by atomic mass is 10.2. The minimum Gasteiger partial charge on any atom is -0.465 e. The second-order valence-corrected chi connectivity index (χ2v) is 7.66. The molecule has 0 heterocycles. The third-order valence-corrected chi connectivity index (χ3v) is 5.22. The van der Waals surface area contributed by atoms with Crippen molar-refractivity contribution < 1.29 is 22.9 Å². The van der Waals surface area contributed by atoms with Gasteiger partial charge in [-0.05, 0) is 18.9 Å². The molecule has 0 aliphatic rings. The van der Waals surface area contributed by atoms with Crippen LogP contribution in [-0.2, 0) is 19.6 Å². The molecule has 1 aromatic rings. The van der Waals surface area contributed by atoms with E-state index in [9.17, 15) is 23.3 Å². The number of para-hydroxylation sites is 1. The Kier molecular flexibility index (Phi) is 8.56. The van der Waals surface area contributed by atoms with E-state index in [1.54, 1.807) is 0 Å². The van der Waals surface area contributed by atoms with Crippen LogP contribution in [0.15, 0.2) is 29.2 Å². The van der Waals surface area contributed by atoms with E-state index in [0.717, 1.165) is 18.6 Å². The third kappa shape index (κ3) is 5.98. The number of sulfonamides is 1. The number of unbranched alkanes of at least 4 members (excludes halogenated alkanes) is 1. The third-order valence-electron chi connectivity index (χ3n) is 3.07. The molecule has 0 radical (unpaired) electrons.